The lowest BCUT2D eigenvalue weighted by Gasteiger charge is -2.29. The standard InChI is InChI=1S/C21H17NO4/c1-25-17-12-7-13-18(19(17)23)26-21(14-8-3-2-4-9-14)15-10-5-6-11-16(15)22-20(21)24/h2-13,23H,1H3,(H,22,24)/t21-/m1/s1. The Bertz CT molecular complexity index is 971. The maximum Gasteiger partial charge on any atom is 0.278 e. The summed E-state index contributed by atoms with van der Waals surface area (Å²) in [4.78, 5) is 13.1. The molecule has 0 spiro atoms. The minimum atomic E-state index is -1.40. The highest BCUT2D eigenvalue weighted by Gasteiger charge is 2.51. The molecule has 1 atom stereocenters. The van der Waals surface area contributed by atoms with E-state index in [9.17, 15) is 9.90 Å². The number of amides is 1. The van der Waals surface area contributed by atoms with Gasteiger partial charge >= 0.3 is 0 Å². The van der Waals surface area contributed by atoms with Crippen LogP contribution in [0.3, 0.4) is 0 Å². The zero-order valence-corrected chi connectivity index (χ0v) is 14.1. The SMILES string of the molecule is COc1cccc(O[C@@]2(c3ccccc3)C(=O)Nc3ccccc32)c1O. The van der Waals surface area contributed by atoms with Gasteiger partial charge in [-0.1, -0.05) is 54.6 Å². The summed E-state index contributed by atoms with van der Waals surface area (Å²) >= 11 is 0. The molecular formula is C21H17NO4. The fourth-order valence-electron chi connectivity index (χ4n) is 3.27. The lowest BCUT2D eigenvalue weighted by Crippen LogP contribution is -2.41. The number of carbonyl (C=O) groups is 1. The van der Waals surface area contributed by atoms with Crippen LogP contribution in [0.4, 0.5) is 5.69 Å². The van der Waals surface area contributed by atoms with E-state index < -0.39 is 5.60 Å². The van der Waals surface area contributed by atoms with Crippen molar-refractivity contribution in [3.63, 3.8) is 0 Å². The molecule has 1 aliphatic heterocycles. The van der Waals surface area contributed by atoms with Crippen LogP contribution in [0, 0.1) is 0 Å². The molecular weight excluding hydrogens is 330 g/mol. The molecule has 0 aromatic heterocycles. The molecule has 4 rings (SSSR count). The van der Waals surface area contributed by atoms with Gasteiger partial charge in [-0.15, -0.1) is 0 Å². The van der Waals surface area contributed by atoms with E-state index in [1.807, 2.05) is 54.6 Å². The van der Waals surface area contributed by atoms with Gasteiger partial charge in [0.1, 0.15) is 0 Å². The first-order valence-electron chi connectivity index (χ1n) is 8.18. The molecule has 2 N–H and O–H groups in total. The lowest BCUT2D eigenvalue weighted by molar-refractivity contribution is -0.127. The Labute approximate surface area is 150 Å². The number of methoxy groups -OCH3 is 1. The minimum Gasteiger partial charge on any atom is -0.502 e. The quantitative estimate of drug-likeness (QED) is 0.755. The molecule has 0 radical (unpaired) electrons. The molecule has 130 valence electrons. The fourth-order valence-corrected chi connectivity index (χ4v) is 3.27. The van der Waals surface area contributed by atoms with Crippen molar-refractivity contribution in [3.05, 3.63) is 83.9 Å². The van der Waals surface area contributed by atoms with Gasteiger partial charge in [-0.3, -0.25) is 4.79 Å². The van der Waals surface area contributed by atoms with Crippen LogP contribution in [0.15, 0.2) is 72.8 Å². The van der Waals surface area contributed by atoms with E-state index in [2.05, 4.69) is 5.32 Å². The van der Waals surface area contributed by atoms with Crippen molar-refractivity contribution in [2.75, 3.05) is 12.4 Å². The van der Waals surface area contributed by atoms with Crippen LogP contribution in [-0.2, 0) is 10.4 Å². The molecule has 0 aliphatic carbocycles. The van der Waals surface area contributed by atoms with E-state index in [0.29, 0.717) is 16.8 Å². The Balaban J connectivity index is 1.93. The Morgan fingerprint density at radius 1 is 0.885 bits per heavy atom. The molecule has 3 aromatic rings. The summed E-state index contributed by atoms with van der Waals surface area (Å²) in [7, 11) is 1.46. The number of hydrogen-bond donors (Lipinski definition) is 2. The summed E-state index contributed by atoms with van der Waals surface area (Å²) in [5, 5.41) is 13.3. The highest BCUT2D eigenvalue weighted by Crippen LogP contribution is 2.47. The van der Waals surface area contributed by atoms with Crippen molar-refractivity contribution in [3.8, 4) is 17.2 Å². The Morgan fingerprint density at radius 2 is 1.58 bits per heavy atom. The van der Waals surface area contributed by atoms with Crippen LogP contribution < -0.4 is 14.8 Å². The topological polar surface area (TPSA) is 67.8 Å². The van der Waals surface area contributed by atoms with Gasteiger partial charge in [-0.25, -0.2) is 0 Å². The second-order valence-electron chi connectivity index (χ2n) is 5.96. The van der Waals surface area contributed by atoms with Crippen LogP contribution in [0.2, 0.25) is 0 Å². The van der Waals surface area contributed by atoms with Gasteiger partial charge in [0.05, 0.1) is 7.11 Å². The van der Waals surface area contributed by atoms with Crippen molar-refractivity contribution >= 4 is 11.6 Å². The van der Waals surface area contributed by atoms with Crippen LogP contribution in [0.5, 0.6) is 17.2 Å². The number of para-hydroxylation sites is 2. The second-order valence-corrected chi connectivity index (χ2v) is 5.96. The molecule has 0 saturated carbocycles. The average Bonchev–Trinajstić information content (AvgIpc) is 2.96. The molecule has 1 heterocycles. The second kappa shape index (κ2) is 6.11. The maximum atomic E-state index is 13.1. The third-order valence-corrected chi connectivity index (χ3v) is 4.50. The number of nitrogens with one attached hydrogen (secondary N) is 1. The Hall–Kier alpha value is -3.47. The zero-order valence-electron chi connectivity index (χ0n) is 14.1. The van der Waals surface area contributed by atoms with Gasteiger partial charge < -0.3 is 19.9 Å². The molecule has 0 unspecified atom stereocenters. The van der Waals surface area contributed by atoms with Crippen LogP contribution in [0.25, 0.3) is 0 Å². The van der Waals surface area contributed by atoms with Crippen LogP contribution in [0.1, 0.15) is 11.1 Å². The number of rotatable bonds is 4. The summed E-state index contributed by atoms with van der Waals surface area (Å²) in [5.41, 5.74) is 0.647. The minimum absolute atomic E-state index is 0.150. The molecule has 5 heteroatoms. The molecule has 0 fully saturated rings. The molecule has 0 bridgehead atoms. The number of phenolic OH excluding ortho intramolecular Hbond substituents is 1. The molecule has 3 aromatic carbocycles. The van der Waals surface area contributed by atoms with Crippen molar-refractivity contribution in [2.45, 2.75) is 5.60 Å². The Morgan fingerprint density at radius 3 is 2.35 bits per heavy atom. The average molecular weight is 347 g/mol. The number of ether oxygens (including phenoxy) is 2. The van der Waals surface area contributed by atoms with Crippen molar-refractivity contribution in [2.24, 2.45) is 0 Å². The van der Waals surface area contributed by atoms with Crippen LogP contribution in [-0.4, -0.2) is 18.1 Å². The summed E-state index contributed by atoms with van der Waals surface area (Å²) in [6.45, 7) is 0. The first-order chi connectivity index (χ1) is 12.7. The van der Waals surface area contributed by atoms with Crippen LogP contribution >= 0.6 is 0 Å². The Kier molecular flexibility index (Phi) is 3.77. The molecule has 1 amide bonds. The maximum absolute atomic E-state index is 13.1. The summed E-state index contributed by atoms with van der Waals surface area (Å²) in [6, 6.07) is 21.5. The lowest BCUT2D eigenvalue weighted by atomic mass is 9.87. The van der Waals surface area contributed by atoms with Crippen molar-refractivity contribution < 1.29 is 19.4 Å². The van der Waals surface area contributed by atoms with Gasteiger partial charge in [0.25, 0.3) is 5.91 Å². The van der Waals surface area contributed by atoms with Crippen molar-refractivity contribution in [1.82, 2.24) is 0 Å². The zero-order chi connectivity index (χ0) is 18.1. The first-order valence-corrected chi connectivity index (χ1v) is 8.18. The number of aromatic hydroxyl groups is 1. The molecule has 26 heavy (non-hydrogen) atoms. The monoisotopic (exact) mass is 347 g/mol. The number of phenols is 1. The number of carbonyl (C=O) groups excluding carboxylic acids is 1. The molecule has 1 aliphatic rings. The van der Waals surface area contributed by atoms with Gasteiger partial charge in [0, 0.05) is 16.8 Å². The number of benzene rings is 3. The largest absolute Gasteiger partial charge is 0.502 e. The van der Waals surface area contributed by atoms with Crippen molar-refractivity contribution in [1.29, 1.82) is 0 Å². The van der Waals surface area contributed by atoms with E-state index in [1.54, 1.807) is 18.2 Å². The third-order valence-electron chi connectivity index (χ3n) is 4.50. The van der Waals surface area contributed by atoms with Gasteiger partial charge in [-0.2, -0.15) is 0 Å². The number of hydrogen-bond acceptors (Lipinski definition) is 4. The van der Waals surface area contributed by atoms with Gasteiger partial charge in [0.2, 0.25) is 11.4 Å². The molecule has 5 nitrogen and oxygen atoms in total. The van der Waals surface area contributed by atoms with E-state index in [1.165, 1.54) is 7.11 Å². The smallest absolute Gasteiger partial charge is 0.278 e. The van der Waals surface area contributed by atoms with E-state index >= 15 is 0 Å². The fraction of sp³-hybridized carbons (Fsp3) is 0.0952. The van der Waals surface area contributed by atoms with E-state index in [4.69, 9.17) is 9.47 Å². The highest BCUT2D eigenvalue weighted by atomic mass is 16.5. The summed E-state index contributed by atoms with van der Waals surface area (Å²) in [6.07, 6.45) is 0. The van der Waals surface area contributed by atoms with E-state index in [-0.39, 0.29) is 23.2 Å². The normalized spacial score (nSPS) is 18.1. The third kappa shape index (κ3) is 2.29. The summed E-state index contributed by atoms with van der Waals surface area (Å²) < 4.78 is 11.4. The summed E-state index contributed by atoms with van der Waals surface area (Å²) in [5.74, 6) is -0.0212. The van der Waals surface area contributed by atoms with E-state index in [0.717, 1.165) is 0 Å². The first kappa shape index (κ1) is 16.0. The van der Waals surface area contributed by atoms with Gasteiger partial charge in [0.15, 0.2) is 11.5 Å². The van der Waals surface area contributed by atoms with Gasteiger partial charge in [-0.05, 0) is 18.2 Å². The predicted molar refractivity (Wildman–Crippen MR) is 97.6 cm³/mol. The number of fused-ring (bicyclic) bond motifs is 1. The highest BCUT2D eigenvalue weighted by molar-refractivity contribution is 6.07. The molecule has 0 saturated heterocycles. The number of anilines is 1. The predicted octanol–water partition coefficient (Wildman–Crippen LogP) is 3.68.